The summed E-state index contributed by atoms with van der Waals surface area (Å²) >= 11 is 0. The summed E-state index contributed by atoms with van der Waals surface area (Å²) in [5, 5.41) is 2.72. The molecule has 6 nitrogen and oxygen atoms in total. The summed E-state index contributed by atoms with van der Waals surface area (Å²) < 4.78 is 10.2. The molecular formula is C22H25NO5. The van der Waals surface area contributed by atoms with Gasteiger partial charge >= 0.3 is 5.97 Å². The van der Waals surface area contributed by atoms with Crippen molar-refractivity contribution in [3.63, 3.8) is 0 Å². The predicted octanol–water partition coefficient (Wildman–Crippen LogP) is 4.25. The zero-order valence-corrected chi connectivity index (χ0v) is 16.2. The average Bonchev–Trinajstić information content (AvgIpc) is 2.72. The first-order valence-electron chi connectivity index (χ1n) is 9.27. The van der Waals surface area contributed by atoms with E-state index in [2.05, 4.69) is 5.32 Å². The van der Waals surface area contributed by atoms with Gasteiger partial charge < -0.3 is 14.8 Å². The van der Waals surface area contributed by atoms with E-state index in [0.29, 0.717) is 29.2 Å². The zero-order valence-electron chi connectivity index (χ0n) is 16.2. The Hall–Kier alpha value is -3.15. The number of hydrogen-bond acceptors (Lipinski definition) is 5. The van der Waals surface area contributed by atoms with Crippen LogP contribution in [0.1, 0.15) is 53.3 Å². The van der Waals surface area contributed by atoms with Crippen LogP contribution >= 0.6 is 0 Å². The molecule has 0 fully saturated rings. The lowest BCUT2D eigenvalue weighted by Crippen LogP contribution is -2.14. The van der Waals surface area contributed by atoms with Crippen molar-refractivity contribution in [3.05, 3.63) is 59.7 Å². The highest BCUT2D eigenvalue weighted by Crippen LogP contribution is 2.15. The van der Waals surface area contributed by atoms with Gasteiger partial charge in [0.1, 0.15) is 5.75 Å². The van der Waals surface area contributed by atoms with Gasteiger partial charge in [-0.15, -0.1) is 0 Å². The van der Waals surface area contributed by atoms with E-state index in [0.717, 1.165) is 12.8 Å². The van der Waals surface area contributed by atoms with E-state index in [4.69, 9.17) is 9.47 Å². The van der Waals surface area contributed by atoms with E-state index in [1.807, 2.05) is 6.92 Å². The molecule has 0 unspecified atom stereocenters. The van der Waals surface area contributed by atoms with E-state index in [1.165, 1.54) is 0 Å². The second-order valence-corrected chi connectivity index (χ2v) is 6.27. The van der Waals surface area contributed by atoms with Crippen molar-refractivity contribution in [2.45, 2.75) is 32.6 Å². The maximum Gasteiger partial charge on any atom is 0.338 e. The van der Waals surface area contributed by atoms with Crippen molar-refractivity contribution >= 4 is 23.3 Å². The molecule has 1 N–H and O–H groups in total. The number of carbonyl (C=O) groups is 3. The Bertz CT molecular complexity index is 797. The van der Waals surface area contributed by atoms with Crippen molar-refractivity contribution < 1.29 is 23.9 Å². The van der Waals surface area contributed by atoms with Crippen LogP contribution in [0.15, 0.2) is 48.5 Å². The topological polar surface area (TPSA) is 81.7 Å². The summed E-state index contributed by atoms with van der Waals surface area (Å²) in [5.74, 6) is -0.0773. The molecule has 0 aliphatic heterocycles. The van der Waals surface area contributed by atoms with Gasteiger partial charge in [0.2, 0.25) is 5.91 Å². The molecule has 0 heterocycles. The number of unbranched alkanes of at least 4 members (excludes halogenated alkanes) is 1. The Morgan fingerprint density at radius 3 is 2.14 bits per heavy atom. The highest BCUT2D eigenvalue weighted by molar-refractivity contribution is 6.00. The number of hydrogen-bond donors (Lipinski definition) is 1. The maximum absolute atomic E-state index is 12.2. The van der Waals surface area contributed by atoms with Gasteiger partial charge in [-0.1, -0.05) is 13.3 Å². The minimum absolute atomic E-state index is 0.0751. The molecule has 0 atom stereocenters. The molecule has 148 valence electrons. The van der Waals surface area contributed by atoms with Crippen LogP contribution in [0, 0.1) is 0 Å². The second kappa shape index (κ2) is 10.9. The SMILES string of the molecule is CCCCOC(=O)c1ccc(NC(=O)CCC(=O)c2ccc(OC)cc2)cc1. The van der Waals surface area contributed by atoms with Crippen LogP contribution in [-0.2, 0) is 9.53 Å². The molecule has 0 spiro atoms. The lowest BCUT2D eigenvalue weighted by Gasteiger charge is -2.07. The van der Waals surface area contributed by atoms with Gasteiger partial charge in [0, 0.05) is 24.1 Å². The fraction of sp³-hybridized carbons (Fsp3) is 0.318. The number of esters is 1. The monoisotopic (exact) mass is 383 g/mol. The van der Waals surface area contributed by atoms with Crippen LogP contribution in [-0.4, -0.2) is 31.4 Å². The van der Waals surface area contributed by atoms with Crippen molar-refractivity contribution in [3.8, 4) is 5.75 Å². The standard InChI is InChI=1S/C22H25NO5/c1-3-4-15-28-22(26)17-5-9-18(10-6-17)23-21(25)14-13-20(24)16-7-11-19(27-2)12-8-16/h5-12H,3-4,13-15H2,1-2H3,(H,23,25). The van der Waals surface area contributed by atoms with Crippen LogP contribution in [0.25, 0.3) is 0 Å². The Labute approximate surface area is 164 Å². The Morgan fingerprint density at radius 2 is 1.54 bits per heavy atom. The van der Waals surface area contributed by atoms with Crippen molar-refractivity contribution in [1.29, 1.82) is 0 Å². The molecule has 28 heavy (non-hydrogen) atoms. The Balaban J connectivity index is 1.80. The number of rotatable bonds is 10. The molecule has 2 rings (SSSR count). The van der Waals surface area contributed by atoms with Crippen LogP contribution in [0.2, 0.25) is 0 Å². The predicted molar refractivity (Wildman–Crippen MR) is 107 cm³/mol. The Kier molecular flexibility index (Phi) is 8.21. The lowest BCUT2D eigenvalue weighted by atomic mass is 10.1. The largest absolute Gasteiger partial charge is 0.497 e. The van der Waals surface area contributed by atoms with Gasteiger partial charge in [-0.05, 0) is 55.0 Å². The molecule has 2 aromatic rings. The molecule has 0 aliphatic rings. The fourth-order valence-electron chi connectivity index (χ4n) is 2.45. The number of nitrogens with one attached hydrogen (secondary N) is 1. The minimum atomic E-state index is -0.378. The number of carbonyl (C=O) groups excluding carboxylic acids is 3. The van der Waals surface area contributed by atoms with Crippen molar-refractivity contribution in [2.75, 3.05) is 19.0 Å². The quantitative estimate of drug-likeness (QED) is 0.377. The third-order valence-electron chi connectivity index (χ3n) is 4.13. The number of methoxy groups -OCH3 is 1. The van der Waals surface area contributed by atoms with Gasteiger partial charge in [-0.3, -0.25) is 9.59 Å². The highest BCUT2D eigenvalue weighted by Gasteiger charge is 2.11. The third-order valence-corrected chi connectivity index (χ3v) is 4.13. The first-order valence-corrected chi connectivity index (χ1v) is 9.27. The average molecular weight is 383 g/mol. The lowest BCUT2D eigenvalue weighted by molar-refractivity contribution is -0.116. The maximum atomic E-state index is 12.2. The molecule has 6 heteroatoms. The van der Waals surface area contributed by atoms with Gasteiger partial charge in [0.15, 0.2) is 5.78 Å². The number of Topliss-reactive ketones (excluding diaryl/α,β-unsaturated/α-hetero) is 1. The normalized spacial score (nSPS) is 10.2. The molecule has 0 saturated carbocycles. The van der Waals surface area contributed by atoms with Gasteiger partial charge in [-0.2, -0.15) is 0 Å². The number of benzene rings is 2. The first kappa shape index (κ1) is 21.2. The number of ether oxygens (including phenoxy) is 2. The van der Waals surface area contributed by atoms with E-state index in [9.17, 15) is 14.4 Å². The van der Waals surface area contributed by atoms with Crippen LogP contribution < -0.4 is 10.1 Å². The summed E-state index contributed by atoms with van der Waals surface area (Å²) in [4.78, 5) is 36.1. The molecule has 1 amide bonds. The summed E-state index contributed by atoms with van der Waals surface area (Å²) in [6, 6.07) is 13.3. The fourth-order valence-corrected chi connectivity index (χ4v) is 2.45. The molecule has 0 aliphatic carbocycles. The van der Waals surface area contributed by atoms with Crippen LogP contribution in [0.3, 0.4) is 0 Å². The van der Waals surface area contributed by atoms with Gasteiger partial charge in [0.25, 0.3) is 0 Å². The number of amides is 1. The van der Waals surface area contributed by atoms with Crippen LogP contribution in [0.4, 0.5) is 5.69 Å². The zero-order chi connectivity index (χ0) is 20.4. The summed E-state index contributed by atoms with van der Waals surface area (Å²) in [6.45, 7) is 2.42. The van der Waals surface area contributed by atoms with E-state index in [1.54, 1.807) is 55.6 Å². The van der Waals surface area contributed by atoms with E-state index in [-0.39, 0.29) is 30.5 Å². The van der Waals surface area contributed by atoms with Gasteiger partial charge in [-0.25, -0.2) is 4.79 Å². The third kappa shape index (κ3) is 6.54. The number of ketones is 1. The van der Waals surface area contributed by atoms with Crippen molar-refractivity contribution in [2.24, 2.45) is 0 Å². The van der Waals surface area contributed by atoms with Crippen LogP contribution in [0.5, 0.6) is 5.75 Å². The molecule has 2 aromatic carbocycles. The molecular weight excluding hydrogens is 358 g/mol. The molecule has 0 radical (unpaired) electrons. The highest BCUT2D eigenvalue weighted by atomic mass is 16.5. The molecule has 0 saturated heterocycles. The summed E-state index contributed by atoms with van der Waals surface area (Å²) in [7, 11) is 1.56. The molecule has 0 aromatic heterocycles. The minimum Gasteiger partial charge on any atom is -0.497 e. The van der Waals surface area contributed by atoms with E-state index < -0.39 is 0 Å². The summed E-state index contributed by atoms with van der Waals surface area (Å²) in [5.41, 5.74) is 1.54. The Morgan fingerprint density at radius 1 is 0.893 bits per heavy atom. The second-order valence-electron chi connectivity index (χ2n) is 6.27. The molecule has 0 bridgehead atoms. The van der Waals surface area contributed by atoms with Gasteiger partial charge in [0.05, 0.1) is 19.3 Å². The smallest absolute Gasteiger partial charge is 0.338 e. The van der Waals surface area contributed by atoms with E-state index >= 15 is 0 Å². The summed E-state index contributed by atoms with van der Waals surface area (Å²) in [6.07, 6.45) is 1.97. The van der Waals surface area contributed by atoms with Crippen molar-refractivity contribution in [1.82, 2.24) is 0 Å². The first-order chi connectivity index (χ1) is 13.5. The number of anilines is 1.